The minimum atomic E-state index is -0.0771. The summed E-state index contributed by atoms with van der Waals surface area (Å²) in [5, 5.41) is 3.03. The molecule has 0 saturated carbocycles. The Labute approximate surface area is 142 Å². The average Bonchev–Trinajstić information content (AvgIpc) is 3.10. The molecule has 1 aliphatic carbocycles. The Hall–Kier alpha value is -2.11. The van der Waals surface area contributed by atoms with E-state index in [4.69, 9.17) is 0 Å². The first kappa shape index (κ1) is 16.7. The number of carbonyl (C=O) groups excluding carboxylic acids is 2. The van der Waals surface area contributed by atoms with Crippen LogP contribution in [0.1, 0.15) is 50.4 Å². The Balaban J connectivity index is 1.61. The number of nitrogens with one attached hydrogen (secondary N) is 1. The highest BCUT2D eigenvalue weighted by molar-refractivity contribution is 5.80. The molecule has 6 heteroatoms. The number of likely N-dealkylation sites (tertiary alicyclic amines) is 1. The second-order valence-electron chi connectivity index (χ2n) is 6.90. The minimum Gasteiger partial charge on any atom is -0.355 e. The molecule has 1 fully saturated rings. The minimum absolute atomic E-state index is 0.0590. The van der Waals surface area contributed by atoms with Crippen molar-refractivity contribution in [2.24, 2.45) is 13.0 Å². The van der Waals surface area contributed by atoms with Gasteiger partial charge in [0.2, 0.25) is 11.8 Å². The first-order valence-electron chi connectivity index (χ1n) is 8.73. The summed E-state index contributed by atoms with van der Waals surface area (Å²) in [4.78, 5) is 30.5. The third-order valence-electron chi connectivity index (χ3n) is 5.15. The zero-order chi connectivity index (χ0) is 17.1. The molecule has 0 unspecified atom stereocenters. The summed E-state index contributed by atoms with van der Waals surface area (Å²) in [6, 6.07) is -0.0771. The number of nitrogens with zero attached hydrogens (tertiary/aromatic N) is 3. The van der Waals surface area contributed by atoms with Gasteiger partial charge in [0, 0.05) is 51.8 Å². The van der Waals surface area contributed by atoms with Crippen LogP contribution in [-0.4, -0.2) is 39.9 Å². The number of amides is 2. The van der Waals surface area contributed by atoms with Crippen molar-refractivity contribution in [2.45, 2.75) is 44.6 Å². The van der Waals surface area contributed by atoms with Crippen molar-refractivity contribution in [3.05, 3.63) is 29.9 Å². The van der Waals surface area contributed by atoms with Crippen molar-refractivity contribution < 1.29 is 9.59 Å². The van der Waals surface area contributed by atoms with Crippen LogP contribution in [0, 0.1) is 5.92 Å². The van der Waals surface area contributed by atoms with Crippen molar-refractivity contribution >= 4 is 11.8 Å². The fourth-order valence-corrected chi connectivity index (χ4v) is 3.76. The quantitative estimate of drug-likeness (QED) is 0.839. The molecule has 1 aromatic rings. The highest BCUT2D eigenvalue weighted by Crippen LogP contribution is 2.35. The van der Waals surface area contributed by atoms with E-state index in [9.17, 15) is 9.59 Å². The number of allylic oxidation sites excluding steroid dienone is 1. The molecule has 0 spiro atoms. The fourth-order valence-electron chi connectivity index (χ4n) is 3.76. The van der Waals surface area contributed by atoms with Gasteiger partial charge in [0.15, 0.2) is 0 Å². The van der Waals surface area contributed by atoms with E-state index in [1.807, 2.05) is 24.9 Å². The van der Waals surface area contributed by atoms with Crippen LogP contribution in [0.15, 0.2) is 24.0 Å². The van der Waals surface area contributed by atoms with Crippen LogP contribution in [0.3, 0.4) is 0 Å². The highest BCUT2D eigenvalue weighted by Gasteiger charge is 2.40. The van der Waals surface area contributed by atoms with E-state index in [1.165, 1.54) is 18.4 Å². The second kappa shape index (κ2) is 7.20. The standard InChI is InChI=1S/C18H26N4O2/c1-21-9-8-19-18(21)17-14(11-16(24)22(17)2)12-20-15(23)10-13-6-4-3-5-7-13/h6,8-9,14,17H,3-5,7,10-12H2,1-2H3,(H,20,23)/t14-,17+/m0/s1. The van der Waals surface area contributed by atoms with E-state index in [2.05, 4.69) is 16.4 Å². The van der Waals surface area contributed by atoms with Gasteiger partial charge in [0.25, 0.3) is 0 Å². The van der Waals surface area contributed by atoms with Crippen molar-refractivity contribution in [1.82, 2.24) is 19.8 Å². The predicted molar refractivity (Wildman–Crippen MR) is 91.0 cm³/mol. The van der Waals surface area contributed by atoms with Crippen molar-refractivity contribution in [2.75, 3.05) is 13.6 Å². The Morgan fingerprint density at radius 3 is 2.88 bits per heavy atom. The topological polar surface area (TPSA) is 67.2 Å². The van der Waals surface area contributed by atoms with Gasteiger partial charge in [-0.3, -0.25) is 9.59 Å². The number of aromatic nitrogens is 2. The molecule has 0 bridgehead atoms. The van der Waals surface area contributed by atoms with Crippen LogP contribution in [0.4, 0.5) is 0 Å². The Kier molecular flexibility index (Phi) is 5.02. The van der Waals surface area contributed by atoms with E-state index in [0.29, 0.717) is 19.4 Å². The van der Waals surface area contributed by atoms with Crippen LogP contribution in [0.5, 0.6) is 0 Å². The summed E-state index contributed by atoms with van der Waals surface area (Å²) >= 11 is 0. The maximum atomic E-state index is 12.2. The van der Waals surface area contributed by atoms with Crippen LogP contribution < -0.4 is 5.32 Å². The number of rotatable bonds is 5. The number of hydrogen-bond donors (Lipinski definition) is 1. The Morgan fingerprint density at radius 1 is 1.38 bits per heavy atom. The van der Waals surface area contributed by atoms with E-state index >= 15 is 0 Å². The molecule has 2 amide bonds. The molecule has 24 heavy (non-hydrogen) atoms. The zero-order valence-corrected chi connectivity index (χ0v) is 14.5. The lowest BCUT2D eigenvalue weighted by Gasteiger charge is -2.24. The summed E-state index contributed by atoms with van der Waals surface area (Å²) in [5.74, 6) is 1.10. The summed E-state index contributed by atoms with van der Waals surface area (Å²) in [6.45, 7) is 0.514. The molecule has 6 nitrogen and oxygen atoms in total. The van der Waals surface area contributed by atoms with Crippen LogP contribution in [0.2, 0.25) is 0 Å². The SMILES string of the molecule is CN1C(=O)C[C@@H](CNC(=O)CC2=CCCCC2)[C@@H]1c1nccn1C. The summed E-state index contributed by atoms with van der Waals surface area (Å²) in [6.07, 6.45) is 11.3. The maximum absolute atomic E-state index is 12.2. The molecule has 2 atom stereocenters. The van der Waals surface area contributed by atoms with Gasteiger partial charge < -0.3 is 14.8 Å². The van der Waals surface area contributed by atoms with Crippen molar-refractivity contribution in [3.8, 4) is 0 Å². The molecule has 3 rings (SSSR count). The second-order valence-corrected chi connectivity index (χ2v) is 6.90. The van der Waals surface area contributed by atoms with Gasteiger partial charge in [-0.2, -0.15) is 0 Å². The van der Waals surface area contributed by atoms with Crippen molar-refractivity contribution in [1.29, 1.82) is 0 Å². The molecule has 1 aromatic heterocycles. The van der Waals surface area contributed by atoms with Crippen LogP contribution >= 0.6 is 0 Å². The van der Waals surface area contributed by atoms with Crippen molar-refractivity contribution in [3.63, 3.8) is 0 Å². The molecular weight excluding hydrogens is 304 g/mol. The maximum Gasteiger partial charge on any atom is 0.224 e. The van der Waals surface area contributed by atoms with E-state index in [0.717, 1.165) is 18.7 Å². The number of imidazole rings is 1. The van der Waals surface area contributed by atoms with E-state index < -0.39 is 0 Å². The van der Waals surface area contributed by atoms with Gasteiger partial charge in [0.1, 0.15) is 5.82 Å². The fraction of sp³-hybridized carbons (Fsp3) is 0.611. The normalized spacial score (nSPS) is 24.2. The van der Waals surface area contributed by atoms with Gasteiger partial charge in [-0.15, -0.1) is 0 Å². The molecule has 2 aliphatic rings. The highest BCUT2D eigenvalue weighted by atomic mass is 16.2. The molecule has 1 N–H and O–H groups in total. The molecule has 2 heterocycles. The molecule has 130 valence electrons. The summed E-state index contributed by atoms with van der Waals surface area (Å²) in [7, 11) is 3.75. The lowest BCUT2D eigenvalue weighted by Crippen LogP contribution is -2.33. The summed E-state index contributed by atoms with van der Waals surface area (Å²) < 4.78 is 1.95. The van der Waals surface area contributed by atoms with Gasteiger partial charge >= 0.3 is 0 Å². The smallest absolute Gasteiger partial charge is 0.224 e. The third-order valence-corrected chi connectivity index (χ3v) is 5.15. The summed E-state index contributed by atoms with van der Waals surface area (Å²) in [5.41, 5.74) is 1.25. The molecule has 1 aliphatic heterocycles. The van der Waals surface area contributed by atoms with Gasteiger partial charge in [-0.05, 0) is 25.7 Å². The number of carbonyl (C=O) groups is 2. The first-order chi connectivity index (χ1) is 11.6. The largest absolute Gasteiger partial charge is 0.355 e. The zero-order valence-electron chi connectivity index (χ0n) is 14.5. The number of hydrogen-bond acceptors (Lipinski definition) is 3. The monoisotopic (exact) mass is 330 g/mol. The Morgan fingerprint density at radius 2 is 2.21 bits per heavy atom. The first-order valence-corrected chi connectivity index (χ1v) is 8.73. The molecule has 0 aromatic carbocycles. The van der Waals surface area contributed by atoms with Gasteiger partial charge in [0.05, 0.1) is 6.04 Å². The molecular formula is C18H26N4O2. The predicted octanol–water partition coefficient (Wildman–Crippen LogP) is 1.95. The van der Waals surface area contributed by atoms with E-state index in [-0.39, 0.29) is 23.8 Å². The molecule has 1 saturated heterocycles. The lowest BCUT2D eigenvalue weighted by atomic mass is 9.96. The van der Waals surface area contributed by atoms with E-state index in [1.54, 1.807) is 11.1 Å². The van der Waals surface area contributed by atoms with Gasteiger partial charge in [-0.1, -0.05) is 11.6 Å². The lowest BCUT2D eigenvalue weighted by molar-refractivity contribution is -0.127. The van der Waals surface area contributed by atoms with Crippen LogP contribution in [-0.2, 0) is 16.6 Å². The molecule has 0 radical (unpaired) electrons. The van der Waals surface area contributed by atoms with Crippen LogP contribution in [0.25, 0.3) is 0 Å². The van der Waals surface area contributed by atoms with Gasteiger partial charge in [-0.25, -0.2) is 4.98 Å². The number of aryl methyl sites for hydroxylation is 1. The average molecular weight is 330 g/mol. The third kappa shape index (κ3) is 3.52. The Bertz CT molecular complexity index is 649.